The van der Waals surface area contributed by atoms with Crippen LogP contribution in [0.1, 0.15) is 48.9 Å². The molecule has 0 unspecified atom stereocenters. The maximum Gasteiger partial charge on any atom is 0.313 e. The van der Waals surface area contributed by atoms with Gasteiger partial charge >= 0.3 is 11.8 Å². The van der Waals surface area contributed by atoms with Crippen molar-refractivity contribution in [1.29, 1.82) is 0 Å². The minimum absolute atomic E-state index is 0.191. The summed E-state index contributed by atoms with van der Waals surface area (Å²) in [5.41, 5.74) is 1.73. The summed E-state index contributed by atoms with van der Waals surface area (Å²) in [5, 5.41) is 5.53. The molecule has 0 saturated heterocycles. The van der Waals surface area contributed by atoms with Crippen LogP contribution in [0.4, 0.5) is 11.4 Å². The zero-order chi connectivity index (χ0) is 23.9. The van der Waals surface area contributed by atoms with E-state index in [1.165, 1.54) is 38.5 Å². The maximum absolute atomic E-state index is 12.9. The number of carbonyl (C=O) groups excluding carboxylic acids is 3. The second-order valence-electron chi connectivity index (χ2n) is 10.6. The first kappa shape index (κ1) is 23.1. The van der Waals surface area contributed by atoms with Crippen molar-refractivity contribution >= 4 is 45.0 Å². The molecule has 0 atom stereocenters. The molecule has 4 fully saturated rings. The third kappa shape index (κ3) is 4.90. The summed E-state index contributed by atoms with van der Waals surface area (Å²) in [5.74, 6) is 1.00. The van der Waals surface area contributed by atoms with Crippen LogP contribution in [0.2, 0.25) is 0 Å². The molecule has 0 radical (unpaired) electrons. The number of nitrogens with one attached hydrogen (secondary N) is 2. The van der Waals surface area contributed by atoms with Crippen LogP contribution >= 0.6 is 15.9 Å². The molecule has 2 aromatic rings. The molecule has 6 nitrogen and oxygen atoms in total. The lowest BCUT2D eigenvalue weighted by atomic mass is 9.49. The Balaban J connectivity index is 1.19. The van der Waals surface area contributed by atoms with Crippen molar-refractivity contribution in [3.63, 3.8) is 0 Å². The van der Waals surface area contributed by atoms with Gasteiger partial charge in [0.25, 0.3) is 5.91 Å². The smallest absolute Gasteiger partial charge is 0.313 e. The number of nitrogens with zero attached hydrogens (tertiary/aromatic N) is 1. The Morgan fingerprint density at radius 3 is 2.06 bits per heavy atom. The van der Waals surface area contributed by atoms with Gasteiger partial charge in [-0.15, -0.1) is 0 Å². The highest BCUT2D eigenvalue weighted by molar-refractivity contribution is 9.10. The molecule has 2 N–H and O–H groups in total. The van der Waals surface area contributed by atoms with Crippen LogP contribution in [0.3, 0.4) is 0 Å². The largest absolute Gasteiger partial charge is 0.337 e. The van der Waals surface area contributed by atoms with Gasteiger partial charge in [0.1, 0.15) is 0 Å². The molecule has 2 aromatic carbocycles. The summed E-state index contributed by atoms with van der Waals surface area (Å²) in [6.45, 7) is 0.659. The van der Waals surface area contributed by atoms with Crippen LogP contribution in [-0.2, 0) is 9.59 Å². The predicted octanol–water partition coefficient (Wildman–Crippen LogP) is 5.31. The highest BCUT2D eigenvalue weighted by Crippen LogP contribution is 2.60. The normalized spacial score (nSPS) is 26.7. The number of anilines is 2. The van der Waals surface area contributed by atoms with Crippen LogP contribution in [-0.4, -0.2) is 36.2 Å². The van der Waals surface area contributed by atoms with Gasteiger partial charge in [0, 0.05) is 35.0 Å². The average Bonchev–Trinajstić information content (AvgIpc) is 2.78. The average molecular weight is 524 g/mol. The molecule has 0 aromatic heterocycles. The Hall–Kier alpha value is -2.67. The van der Waals surface area contributed by atoms with E-state index in [1.54, 1.807) is 60.5 Å². The van der Waals surface area contributed by atoms with E-state index in [1.807, 2.05) is 0 Å². The predicted molar refractivity (Wildman–Crippen MR) is 135 cm³/mol. The van der Waals surface area contributed by atoms with Gasteiger partial charge in [-0.05, 0) is 104 Å². The van der Waals surface area contributed by atoms with Gasteiger partial charge in [-0.2, -0.15) is 0 Å². The first-order chi connectivity index (χ1) is 16.3. The van der Waals surface area contributed by atoms with Crippen molar-refractivity contribution < 1.29 is 14.4 Å². The first-order valence-corrected chi connectivity index (χ1v) is 12.8. The fourth-order valence-electron chi connectivity index (χ4n) is 6.90. The Labute approximate surface area is 208 Å². The fourth-order valence-corrected chi connectivity index (χ4v) is 7.16. The van der Waals surface area contributed by atoms with Gasteiger partial charge in [-0.1, -0.05) is 22.0 Å². The van der Waals surface area contributed by atoms with E-state index in [4.69, 9.17) is 0 Å². The van der Waals surface area contributed by atoms with E-state index in [0.717, 1.165) is 22.2 Å². The number of hydrogen-bond acceptors (Lipinski definition) is 3. The molecule has 0 aliphatic heterocycles. The Bertz CT molecular complexity index is 1080. The maximum atomic E-state index is 12.9. The highest BCUT2D eigenvalue weighted by Gasteiger charge is 2.51. The van der Waals surface area contributed by atoms with Gasteiger partial charge in [0.2, 0.25) is 0 Å². The molecule has 34 heavy (non-hydrogen) atoms. The van der Waals surface area contributed by atoms with E-state index < -0.39 is 11.8 Å². The van der Waals surface area contributed by atoms with E-state index in [2.05, 4.69) is 26.6 Å². The van der Waals surface area contributed by atoms with Crippen molar-refractivity contribution in [3.8, 4) is 0 Å². The van der Waals surface area contributed by atoms with Crippen molar-refractivity contribution in [3.05, 3.63) is 58.6 Å². The summed E-state index contributed by atoms with van der Waals surface area (Å²) in [4.78, 5) is 39.7. The molecule has 0 spiro atoms. The monoisotopic (exact) mass is 523 g/mol. The van der Waals surface area contributed by atoms with Crippen LogP contribution < -0.4 is 10.6 Å². The van der Waals surface area contributed by atoms with E-state index in [9.17, 15) is 14.4 Å². The molecule has 4 saturated carbocycles. The van der Waals surface area contributed by atoms with Gasteiger partial charge in [0.05, 0.1) is 0 Å². The van der Waals surface area contributed by atoms with Crippen LogP contribution in [0.5, 0.6) is 0 Å². The minimum Gasteiger partial charge on any atom is -0.337 e. The second kappa shape index (κ2) is 9.17. The van der Waals surface area contributed by atoms with Crippen molar-refractivity contribution in [2.75, 3.05) is 24.2 Å². The van der Waals surface area contributed by atoms with Crippen LogP contribution in [0.15, 0.2) is 53.0 Å². The number of hydrogen-bond donors (Lipinski definition) is 2. The summed E-state index contributed by atoms with van der Waals surface area (Å²) in [6, 6.07) is 13.9. The summed E-state index contributed by atoms with van der Waals surface area (Å²) < 4.78 is 0.895. The third-order valence-corrected chi connectivity index (χ3v) is 8.29. The lowest BCUT2D eigenvalue weighted by Gasteiger charge is -2.57. The molecular formula is C27H30BrN3O3. The summed E-state index contributed by atoms with van der Waals surface area (Å²) >= 11 is 3.36. The Morgan fingerprint density at radius 1 is 0.912 bits per heavy atom. The van der Waals surface area contributed by atoms with E-state index >= 15 is 0 Å². The summed E-state index contributed by atoms with van der Waals surface area (Å²) in [6.07, 6.45) is 7.64. The highest BCUT2D eigenvalue weighted by atomic mass is 79.9. The quantitative estimate of drug-likeness (QED) is 0.520. The SMILES string of the molecule is CN(CC12CC3CC(CC(C3)C1)C2)C(=O)C(=O)Nc1cccc(NC(=O)c2ccc(Br)cc2)c1. The molecule has 7 heteroatoms. The molecule has 4 aliphatic rings. The van der Waals surface area contributed by atoms with Gasteiger partial charge in [-0.3, -0.25) is 14.4 Å². The zero-order valence-electron chi connectivity index (χ0n) is 19.4. The number of rotatable bonds is 5. The minimum atomic E-state index is -0.649. The molecule has 4 aliphatic carbocycles. The number of halogens is 1. The fraction of sp³-hybridized carbons (Fsp3) is 0.444. The molecule has 0 heterocycles. The number of likely N-dealkylation sites (N-methyl/N-ethyl adjacent to an activating group) is 1. The van der Waals surface area contributed by atoms with Crippen molar-refractivity contribution in [2.45, 2.75) is 38.5 Å². The van der Waals surface area contributed by atoms with E-state index in [0.29, 0.717) is 23.5 Å². The molecule has 3 amide bonds. The van der Waals surface area contributed by atoms with Gasteiger partial charge in [-0.25, -0.2) is 0 Å². The lowest BCUT2D eigenvalue weighted by molar-refractivity contribution is -0.145. The van der Waals surface area contributed by atoms with Gasteiger partial charge < -0.3 is 15.5 Å². The number of amides is 3. The second-order valence-corrected chi connectivity index (χ2v) is 11.5. The van der Waals surface area contributed by atoms with Crippen LogP contribution in [0.25, 0.3) is 0 Å². The number of carbonyl (C=O) groups is 3. The third-order valence-electron chi connectivity index (χ3n) is 7.76. The topological polar surface area (TPSA) is 78.5 Å². The van der Waals surface area contributed by atoms with Crippen molar-refractivity contribution in [2.24, 2.45) is 23.2 Å². The molecule has 178 valence electrons. The molecular weight excluding hydrogens is 494 g/mol. The Morgan fingerprint density at radius 2 is 1.47 bits per heavy atom. The lowest BCUT2D eigenvalue weighted by Crippen LogP contribution is -2.52. The van der Waals surface area contributed by atoms with E-state index in [-0.39, 0.29) is 11.3 Å². The van der Waals surface area contributed by atoms with Gasteiger partial charge in [0.15, 0.2) is 0 Å². The molecule has 4 bridgehead atoms. The van der Waals surface area contributed by atoms with Crippen LogP contribution in [0, 0.1) is 23.2 Å². The van der Waals surface area contributed by atoms with Crippen molar-refractivity contribution in [1.82, 2.24) is 4.90 Å². The zero-order valence-corrected chi connectivity index (χ0v) is 20.9. The first-order valence-electron chi connectivity index (χ1n) is 12.0. The molecule has 6 rings (SSSR count). The number of benzene rings is 2. The summed E-state index contributed by atoms with van der Waals surface area (Å²) in [7, 11) is 1.75. The standard InChI is InChI=1S/C27H30BrN3O3/c1-31(16-27-13-17-9-18(14-27)11-19(10-17)15-27)26(34)25(33)30-23-4-2-3-22(12-23)29-24(32)20-5-7-21(28)8-6-20/h2-8,12,17-19H,9-11,13-16H2,1H3,(H,29,32)(H,30,33). The Kier molecular flexibility index (Phi) is 6.23.